The molecule has 32 heavy (non-hydrogen) atoms. The van der Waals surface area contributed by atoms with Crippen molar-refractivity contribution in [2.75, 3.05) is 4.90 Å². The molecule has 3 aromatic carbocycles. The Balaban J connectivity index is 1.56. The van der Waals surface area contributed by atoms with Gasteiger partial charge in [0.2, 0.25) is 0 Å². The van der Waals surface area contributed by atoms with Gasteiger partial charge in [-0.25, -0.2) is 4.99 Å². The second-order valence-corrected chi connectivity index (χ2v) is 7.97. The zero-order chi connectivity index (χ0) is 22.6. The lowest BCUT2D eigenvalue weighted by Crippen LogP contribution is -2.17. The number of anilines is 1. The third-order valence-corrected chi connectivity index (χ3v) is 6.02. The van der Waals surface area contributed by atoms with Crippen molar-refractivity contribution in [3.8, 4) is 5.75 Å². The first-order valence-electron chi connectivity index (χ1n) is 10.1. The number of ether oxygens (including phenoxy) is 1. The summed E-state index contributed by atoms with van der Waals surface area (Å²) in [5.41, 5.74) is 6.78. The van der Waals surface area contributed by atoms with Crippen LogP contribution in [0.4, 0.5) is 25.8 Å². The molecule has 1 fully saturated rings. The Bertz CT molecular complexity index is 1240. The van der Waals surface area contributed by atoms with Gasteiger partial charge in [-0.3, -0.25) is 10.1 Å². The van der Waals surface area contributed by atoms with E-state index in [4.69, 9.17) is 4.99 Å². The molecule has 2 heterocycles. The van der Waals surface area contributed by atoms with Crippen molar-refractivity contribution in [1.82, 2.24) is 0 Å². The summed E-state index contributed by atoms with van der Waals surface area (Å²) in [4.78, 5) is 17.8. The average Bonchev–Trinajstić information content (AvgIpc) is 3.50. The van der Waals surface area contributed by atoms with E-state index in [-0.39, 0.29) is 23.5 Å². The van der Waals surface area contributed by atoms with Crippen molar-refractivity contribution >= 4 is 22.8 Å². The van der Waals surface area contributed by atoms with Gasteiger partial charge in [0.1, 0.15) is 5.75 Å². The number of aryl methyl sites for hydroxylation is 2. The number of non-ortho nitro benzene ring substituents is 1. The highest BCUT2D eigenvalue weighted by Gasteiger charge is 2.54. The lowest BCUT2D eigenvalue weighted by atomic mass is 10.0. The van der Waals surface area contributed by atoms with Crippen molar-refractivity contribution < 1.29 is 18.4 Å². The Kier molecular flexibility index (Phi) is 4.65. The topological polar surface area (TPSA) is 67.7 Å². The molecule has 0 aromatic heterocycles. The largest absolute Gasteiger partial charge is 0.435 e. The number of nitrogens with zero attached hydrogens (tertiary/aromatic N) is 3. The molecule has 0 aliphatic carbocycles. The molecule has 3 aromatic rings. The van der Waals surface area contributed by atoms with Crippen LogP contribution in [0.2, 0.25) is 0 Å². The van der Waals surface area contributed by atoms with Crippen LogP contribution < -0.4 is 9.64 Å². The number of aliphatic imine (C=N–C) groups is 1. The van der Waals surface area contributed by atoms with Crippen molar-refractivity contribution in [1.29, 1.82) is 0 Å². The first kappa shape index (κ1) is 20.1. The van der Waals surface area contributed by atoms with E-state index in [1.54, 1.807) is 24.3 Å². The predicted octanol–water partition coefficient (Wildman–Crippen LogP) is 5.88. The van der Waals surface area contributed by atoms with Crippen LogP contribution in [-0.2, 0) is 0 Å². The molecule has 0 N–H and O–H groups in total. The van der Waals surface area contributed by atoms with Crippen LogP contribution in [0.5, 0.6) is 5.75 Å². The van der Waals surface area contributed by atoms with E-state index in [2.05, 4.69) is 22.6 Å². The maximum absolute atomic E-state index is 12.5. The summed E-state index contributed by atoms with van der Waals surface area (Å²) in [6.45, 7) is 1.20. The van der Waals surface area contributed by atoms with Gasteiger partial charge in [-0.15, -0.1) is 0 Å². The lowest BCUT2D eigenvalue weighted by Gasteiger charge is -2.19. The van der Waals surface area contributed by atoms with Gasteiger partial charge in [0.25, 0.3) is 5.69 Å². The number of hydrogen-bond acceptors (Lipinski definition) is 5. The summed E-state index contributed by atoms with van der Waals surface area (Å²) in [6, 6.07) is 17.1. The highest BCUT2D eigenvalue weighted by Crippen LogP contribution is 2.55. The minimum Gasteiger partial charge on any atom is -0.435 e. The Hall–Kier alpha value is -3.81. The molecular formula is C24H19F2N3O3. The fourth-order valence-electron chi connectivity index (χ4n) is 4.27. The summed E-state index contributed by atoms with van der Waals surface area (Å²) in [7, 11) is 0. The summed E-state index contributed by atoms with van der Waals surface area (Å²) in [5, 5.41) is 11.0. The molecule has 0 bridgehead atoms. The molecular weight excluding hydrogens is 416 g/mol. The molecule has 1 saturated heterocycles. The number of alkyl halides is 2. The molecule has 2 aliphatic heterocycles. The summed E-state index contributed by atoms with van der Waals surface area (Å²) < 4.78 is 29.5. The molecule has 8 heteroatoms. The van der Waals surface area contributed by atoms with Gasteiger partial charge in [0.15, 0.2) is 0 Å². The van der Waals surface area contributed by atoms with Crippen LogP contribution in [0.15, 0.2) is 65.7 Å². The van der Waals surface area contributed by atoms with Crippen molar-refractivity contribution in [3.05, 3.63) is 93.0 Å². The fourth-order valence-corrected chi connectivity index (χ4v) is 4.27. The Morgan fingerprint density at radius 3 is 2.28 bits per heavy atom. The molecule has 0 saturated carbocycles. The standard InChI is InChI=1S/C24H19F2N3O3/c1-13-11-19-20(12-14(13)2)28-22(16-3-7-17(8-4-16)29(30)31)23(28)21(27-19)15-5-9-18(10-6-15)32-24(25)26/h3-12,22-24H,1-2H3/t22-,23-,28?/m0/s1. The van der Waals surface area contributed by atoms with Gasteiger partial charge in [-0.2, -0.15) is 8.78 Å². The molecule has 0 spiro atoms. The van der Waals surface area contributed by atoms with Crippen LogP contribution >= 0.6 is 0 Å². The van der Waals surface area contributed by atoms with Crippen molar-refractivity contribution in [3.63, 3.8) is 0 Å². The zero-order valence-electron chi connectivity index (χ0n) is 17.3. The van der Waals surface area contributed by atoms with Gasteiger partial charge in [-0.05, 0) is 72.5 Å². The van der Waals surface area contributed by atoms with Crippen molar-refractivity contribution in [2.45, 2.75) is 32.5 Å². The highest BCUT2D eigenvalue weighted by atomic mass is 19.3. The van der Waals surface area contributed by atoms with E-state index in [1.165, 1.54) is 24.3 Å². The van der Waals surface area contributed by atoms with Crippen LogP contribution in [0.1, 0.15) is 28.3 Å². The van der Waals surface area contributed by atoms with Crippen LogP contribution in [0.25, 0.3) is 0 Å². The minimum absolute atomic E-state index is 0.0186. The summed E-state index contributed by atoms with van der Waals surface area (Å²) in [6.07, 6.45) is 0. The van der Waals surface area contributed by atoms with E-state index in [1.807, 2.05) is 13.0 Å². The Morgan fingerprint density at radius 2 is 1.66 bits per heavy atom. The first-order chi connectivity index (χ1) is 15.3. The smallest absolute Gasteiger partial charge is 0.387 e. The molecule has 0 radical (unpaired) electrons. The lowest BCUT2D eigenvalue weighted by molar-refractivity contribution is -0.384. The number of fused-ring (bicyclic) bond motifs is 3. The van der Waals surface area contributed by atoms with E-state index in [9.17, 15) is 18.9 Å². The third kappa shape index (κ3) is 3.37. The second kappa shape index (κ2) is 7.40. The Morgan fingerprint density at radius 1 is 1.00 bits per heavy atom. The molecule has 2 atom stereocenters. The molecule has 0 amide bonds. The molecule has 2 aliphatic rings. The highest BCUT2D eigenvalue weighted by molar-refractivity contribution is 6.14. The summed E-state index contributed by atoms with van der Waals surface area (Å²) >= 11 is 0. The summed E-state index contributed by atoms with van der Waals surface area (Å²) in [5.74, 6) is 0.0894. The number of nitro benzene ring substituents is 1. The number of hydrogen-bond donors (Lipinski definition) is 0. The number of benzene rings is 3. The number of halogens is 2. The Labute approximate surface area is 182 Å². The zero-order valence-corrected chi connectivity index (χ0v) is 17.3. The molecule has 6 nitrogen and oxygen atoms in total. The van der Waals surface area contributed by atoms with Crippen molar-refractivity contribution in [2.24, 2.45) is 4.99 Å². The third-order valence-electron chi connectivity index (χ3n) is 6.02. The SMILES string of the molecule is Cc1cc2c(cc1C)N1[C@@H](C(c3ccc(OC(F)F)cc3)=N2)[C@@H]1c1ccc([N+](=O)[O-])cc1. The normalized spacial score (nSPS) is 18.7. The van der Waals surface area contributed by atoms with Gasteiger partial charge in [0.05, 0.1) is 34.1 Å². The predicted molar refractivity (Wildman–Crippen MR) is 117 cm³/mol. The first-order valence-corrected chi connectivity index (χ1v) is 10.1. The van der Waals surface area contributed by atoms with Gasteiger partial charge in [-0.1, -0.05) is 12.1 Å². The maximum atomic E-state index is 12.5. The quantitative estimate of drug-likeness (QED) is 0.285. The van der Waals surface area contributed by atoms with Crippen LogP contribution in [-0.4, -0.2) is 23.3 Å². The molecule has 162 valence electrons. The number of rotatable bonds is 5. The van der Waals surface area contributed by atoms with E-state index in [0.29, 0.717) is 0 Å². The number of nitro groups is 1. The molecule has 5 rings (SSSR count). The van der Waals surface area contributed by atoms with Crippen LogP contribution in [0.3, 0.4) is 0 Å². The van der Waals surface area contributed by atoms with Gasteiger partial charge in [0, 0.05) is 12.1 Å². The van der Waals surface area contributed by atoms with Crippen LogP contribution in [0, 0.1) is 24.0 Å². The van der Waals surface area contributed by atoms with Gasteiger partial charge >= 0.3 is 6.61 Å². The fraction of sp³-hybridized carbons (Fsp3) is 0.208. The monoisotopic (exact) mass is 435 g/mol. The van der Waals surface area contributed by atoms with Gasteiger partial charge < -0.3 is 9.64 Å². The maximum Gasteiger partial charge on any atom is 0.387 e. The average molecular weight is 435 g/mol. The second-order valence-electron chi connectivity index (χ2n) is 7.97. The van der Waals surface area contributed by atoms with E-state index >= 15 is 0 Å². The molecule has 0 unspecified atom stereocenters. The minimum atomic E-state index is -2.88. The van der Waals surface area contributed by atoms with E-state index < -0.39 is 11.5 Å². The van der Waals surface area contributed by atoms with E-state index in [0.717, 1.165) is 39.3 Å².